The number of carbonyl (C=O) groups excluding carboxylic acids is 1. The molecule has 3 aromatic rings. The number of carbonyl (C=O) groups is 1. The summed E-state index contributed by atoms with van der Waals surface area (Å²) in [6.45, 7) is 1.59. The maximum absolute atomic E-state index is 13.5. The van der Waals surface area contributed by atoms with Crippen LogP contribution in [0.3, 0.4) is 0 Å². The topological polar surface area (TPSA) is 76.6 Å². The van der Waals surface area contributed by atoms with Crippen LogP contribution in [-0.4, -0.2) is 47.1 Å². The van der Waals surface area contributed by atoms with Gasteiger partial charge in [0.2, 0.25) is 5.91 Å². The summed E-state index contributed by atoms with van der Waals surface area (Å²) in [5.74, 6) is 1.32. The Hall–Kier alpha value is -3.13. The minimum absolute atomic E-state index is 0.0184. The summed E-state index contributed by atoms with van der Waals surface area (Å²) in [7, 11) is 3.44. The van der Waals surface area contributed by atoms with Crippen LogP contribution >= 0.6 is 11.6 Å². The summed E-state index contributed by atoms with van der Waals surface area (Å²) >= 11 is 5.91. The average molecular weight is 473 g/mol. The Kier molecular flexibility index (Phi) is 6.83. The minimum Gasteiger partial charge on any atom is -0.493 e. The number of aromatic nitrogens is 2. The van der Waals surface area contributed by atoms with Crippen LogP contribution in [0, 0.1) is 5.82 Å². The van der Waals surface area contributed by atoms with Crippen molar-refractivity contribution in [1.82, 2.24) is 14.9 Å². The van der Waals surface area contributed by atoms with Crippen LogP contribution in [0.5, 0.6) is 11.5 Å². The maximum atomic E-state index is 13.5. The van der Waals surface area contributed by atoms with Gasteiger partial charge in [-0.1, -0.05) is 11.6 Å². The lowest BCUT2D eigenvalue weighted by molar-refractivity contribution is -0.130. The van der Waals surface area contributed by atoms with Crippen molar-refractivity contribution in [1.29, 1.82) is 0 Å². The molecule has 1 saturated carbocycles. The number of rotatable bonds is 6. The molecule has 0 aliphatic heterocycles. The Morgan fingerprint density at radius 1 is 1.15 bits per heavy atom. The van der Waals surface area contributed by atoms with E-state index in [-0.39, 0.29) is 23.1 Å². The number of nitrogens with zero attached hydrogens (tertiary/aromatic N) is 3. The van der Waals surface area contributed by atoms with Gasteiger partial charge in [0.05, 0.1) is 23.8 Å². The highest BCUT2D eigenvalue weighted by atomic mass is 35.5. The van der Waals surface area contributed by atoms with Gasteiger partial charge in [-0.2, -0.15) is 0 Å². The maximum Gasteiger partial charge on any atom is 0.219 e. The molecule has 33 heavy (non-hydrogen) atoms. The first-order chi connectivity index (χ1) is 15.9. The molecule has 2 aromatic carbocycles. The summed E-state index contributed by atoms with van der Waals surface area (Å²) < 4.78 is 25.4. The van der Waals surface area contributed by atoms with Crippen LogP contribution in [0.4, 0.5) is 15.9 Å². The van der Waals surface area contributed by atoms with Crippen molar-refractivity contribution in [2.75, 3.05) is 19.5 Å². The summed E-state index contributed by atoms with van der Waals surface area (Å²) in [5, 5.41) is 3.93. The molecule has 1 N–H and O–H groups in total. The van der Waals surface area contributed by atoms with Crippen LogP contribution in [0.25, 0.3) is 10.9 Å². The van der Waals surface area contributed by atoms with E-state index < -0.39 is 5.82 Å². The quantitative estimate of drug-likeness (QED) is 0.521. The molecule has 7 nitrogen and oxygen atoms in total. The van der Waals surface area contributed by atoms with Crippen molar-refractivity contribution in [3.05, 3.63) is 47.5 Å². The van der Waals surface area contributed by atoms with Gasteiger partial charge >= 0.3 is 0 Å². The number of amides is 1. The van der Waals surface area contributed by atoms with Gasteiger partial charge in [-0.25, -0.2) is 14.4 Å². The Balaban J connectivity index is 1.57. The molecule has 0 unspecified atom stereocenters. The number of hydrogen-bond donors (Lipinski definition) is 1. The van der Waals surface area contributed by atoms with Crippen molar-refractivity contribution < 1.29 is 18.7 Å². The van der Waals surface area contributed by atoms with E-state index in [1.807, 2.05) is 24.1 Å². The van der Waals surface area contributed by atoms with E-state index in [4.69, 9.17) is 21.1 Å². The standard InChI is InChI=1S/C24H26ClFN4O3/c1-14(31)30(2)16-5-7-17(8-6-16)33-23-11-18-21(12-22(23)32-3)27-13-28-24(18)29-15-4-9-20(26)19(25)10-15/h4,9-13,16-17H,5-8H2,1-3H3,(H,27,28,29). The fourth-order valence-corrected chi connectivity index (χ4v) is 4.29. The van der Waals surface area contributed by atoms with Crippen LogP contribution in [0.15, 0.2) is 36.7 Å². The lowest BCUT2D eigenvalue weighted by Gasteiger charge is -2.34. The molecule has 0 bridgehead atoms. The molecule has 1 fully saturated rings. The van der Waals surface area contributed by atoms with Gasteiger partial charge in [0, 0.05) is 37.2 Å². The third-order valence-electron chi connectivity index (χ3n) is 6.08. The van der Waals surface area contributed by atoms with Crippen LogP contribution < -0.4 is 14.8 Å². The van der Waals surface area contributed by atoms with Gasteiger partial charge in [-0.3, -0.25) is 4.79 Å². The molecular formula is C24H26ClFN4O3. The molecule has 1 amide bonds. The molecule has 1 aliphatic carbocycles. The second-order valence-corrected chi connectivity index (χ2v) is 8.58. The van der Waals surface area contributed by atoms with Crippen molar-refractivity contribution in [2.24, 2.45) is 0 Å². The molecule has 0 radical (unpaired) electrons. The Morgan fingerprint density at radius 3 is 2.58 bits per heavy atom. The monoisotopic (exact) mass is 472 g/mol. The number of hydrogen-bond acceptors (Lipinski definition) is 6. The summed E-state index contributed by atoms with van der Waals surface area (Å²) in [6.07, 6.45) is 4.92. The molecule has 0 saturated heterocycles. The lowest BCUT2D eigenvalue weighted by atomic mass is 9.92. The van der Waals surface area contributed by atoms with Crippen LogP contribution in [0.2, 0.25) is 5.02 Å². The second-order valence-electron chi connectivity index (χ2n) is 8.17. The molecule has 0 spiro atoms. The molecule has 1 aromatic heterocycles. The Bertz CT molecular complexity index is 1170. The summed E-state index contributed by atoms with van der Waals surface area (Å²) in [5.41, 5.74) is 1.28. The third kappa shape index (κ3) is 5.11. The first-order valence-corrected chi connectivity index (χ1v) is 11.2. The van der Waals surface area contributed by atoms with E-state index in [2.05, 4.69) is 15.3 Å². The number of methoxy groups -OCH3 is 1. The van der Waals surface area contributed by atoms with Crippen LogP contribution in [0.1, 0.15) is 32.6 Å². The van der Waals surface area contributed by atoms with E-state index >= 15 is 0 Å². The van der Waals surface area contributed by atoms with Gasteiger partial charge in [0.1, 0.15) is 18.0 Å². The van der Waals surface area contributed by atoms with Crippen LogP contribution in [-0.2, 0) is 4.79 Å². The summed E-state index contributed by atoms with van der Waals surface area (Å²) in [6, 6.07) is 8.30. The number of benzene rings is 2. The first-order valence-electron chi connectivity index (χ1n) is 10.8. The summed E-state index contributed by atoms with van der Waals surface area (Å²) in [4.78, 5) is 22.2. The van der Waals surface area contributed by atoms with E-state index in [1.165, 1.54) is 18.5 Å². The van der Waals surface area contributed by atoms with Crippen molar-refractivity contribution in [3.8, 4) is 11.5 Å². The zero-order chi connectivity index (χ0) is 23.5. The van der Waals surface area contributed by atoms with Crippen molar-refractivity contribution >= 4 is 39.9 Å². The van der Waals surface area contributed by atoms with Gasteiger partial charge in [-0.05, 0) is 49.9 Å². The van der Waals surface area contributed by atoms with Crippen molar-refractivity contribution in [3.63, 3.8) is 0 Å². The number of nitrogens with one attached hydrogen (secondary N) is 1. The minimum atomic E-state index is -0.487. The predicted molar refractivity (Wildman–Crippen MR) is 126 cm³/mol. The SMILES string of the molecule is COc1cc2ncnc(Nc3ccc(F)c(Cl)c3)c2cc1OC1CCC(N(C)C(C)=O)CC1. The molecule has 174 valence electrons. The average Bonchev–Trinajstić information content (AvgIpc) is 2.81. The zero-order valence-electron chi connectivity index (χ0n) is 18.8. The molecule has 4 rings (SSSR count). The van der Waals surface area contributed by atoms with E-state index in [0.29, 0.717) is 28.5 Å². The van der Waals surface area contributed by atoms with E-state index in [9.17, 15) is 9.18 Å². The van der Waals surface area contributed by atoms with E-state index in [1.54, 1.807) is 20.1 Å². The molecular weight excluding hydrogens is 447 g/mol. The zero-order valence-corrected chi connectivity index (χ0v) is 19.5. The highest BCUT2D eigenvalue weighted by molar-refractivity contribution is 6.31. The van der Waals surface area contributed by atoms with Gasteiger partial charge < -0.3 is 19.7 Å². The van der Waals surface area contributed by atoms with E-state index in [0.717, 1.165) is 31.1 Å². The number of halogens is 2. The predicted octanol–water partition coefficient (Wildman–Crippen LogP) is 5.34. The second kappa shape index (κ2) is 9.79. The number of fused-ring (bicyclic) bond motifs is 1. The third-order valence-corrected chi connectivity index (χ3v) is 6.37. The molecule has 9 heteroatoms. The smallest absolute Gasteiger partial charge is 0.219 e. The Labute approximate surface area is 196 Å². The fraction of sp³-hybridized carbons (Fsp3) is 0.375. The molecule has 1 heterocycles. The number of ether oxygens (including phenoxy) is 2. The highest BCUT2D eigenvalue weighted by Crippen LogP contribution is 2.37. The first kappa shape index (κ1) is 23.0. The fourth-order valence-electron chi connectivity index (χ4n) is 4.11. The Morgan fingerprint density at radius 2 is 1.91 bits per heavy atom. The van der Waals surface area contributed by atoms with Gasteiger partial charge in [0.25, 0.3) is 0 Å². The number of anilines is 2. The molecule has 1 aliphatic rings. The highest BCUT2D eigenvalue weighted by Gasteiger charge is 2.27. The van der Waals surface area contributed by atoms with Gasteiger partial charge in [0.15, 0.2) is 11.5 Å². The largest absolute Gasteiger partial charge is 0.493 e. The van der Waals surface area contributed by atoms with Crippen molar-refractivity contribution in [2.45, 2.75) is 44.8 Å². The molecule has 0 atom stereocenters. The normalized spacial score (nSPS) is 18.1. The lowest BCUT2D eigenvalue weighted by Crippen LogP contribution is -2.40. The van der Waals surface area contributed by atoms with Gasteiger partial charge in [-0.15, -0.1) is 0 Å².